The molecule has 0 aliphatic carbocycles. The fourth-order valence-corrected chi connectivity index (χ4v) is 2.97. The van der Waals surface area contributed by atoms with Gasteiger partial charge in [0.25, 0.3) is 0 Å². The highest BCUT2D eigenvalue weighted by Gasteiger charge is 2.17. The Bertz CT molecular complexity index is 619. The summed E-state index contributed by atoms with van der Waals surface area (Å²) >= 11 is 0. The molecule has 2 rings (SSSR count). The third kappa shape index (κ3) is 9.02. The highest BCUT2D eigenvalue weighted by Crippen LogP contribution is 2.14. The van der Waals surface area contributed by atoms with E-state index in [9.17, 15) is 9.59 Å². The molecule has 0 saturated carbocycles. The fourth-order valence-electron chi connectivity index (χ4n) is 2.97. The first-order valence-electron chi connectivity index (χ1n) is 9.72. The molecular weight excluding hydrogens is 344 g/mol. The molecule has 1 aromatic carbocycles. The molecule has 0 aromatic heterocycles. The predicted molar refractivity (Wildman–Crippen MR) is 106 cm³/mol. The van der Waals surface area contributed by atoms with Gasteiger partial charge in [-0.25, -0.2) is 0 Å². The van der Waals surface area contributed by atoms with Gasteiger partial charge in [-0.1, -0.05) is 12.1 Å². The maximum Gasteiger partial charge on any atom is 0.306 e. The molecule has 6 nitrogen and oxygen atoms in total. The van der Waals surface area contributed by atoms with Crippen LogP contribution >= 0.6 is 0 Å². The highest BCUT2D eigenvalue weighted by atomic mass is 16.6. The summed E-state index contributed by atoms with van der Waals surface area (Å²) < 4.78 is 10.6. The molecule has 1 fully saturated rings. The lowest BCUT2D eigenvalue weighted by atomic mass is 10.1. The number of amides is 1. The Balaban J connectivity index is 1.72. The van der Waals surface area contributed by atoms with Gasteiger partial charge in [-0.05, 0) is 57.9 Å². The van der Waals surface area contributed by atoms with Crippen LogP contribution in [0.4, 0.5) is 5.69 Å². The van der Waals surface area contributed by atoms with Crippen LogP contribution in [0.5, 0.6) is 0 Å². The number of carbonyl (C=O) groups excluding carboxylic acids is 2. The van der Waals surface area contributed by atoms with E-state index in [0.29, 0.717) is 0 Å². The maximum atomic E-state index is 12.1. The molecule has 1 heterocycles. The summed E-state index contributed by atoms with van der Waals surface area (Å²) in [6.07, 6.45) is 2.26. The van der Waals surface area contributed by atoms with Crippen molar-refractivity contribution in [2.75, 3.05) is 38.2 Å². The Morgan fingerprint density at radius 3 is 2.63 bits per heavy atom. The molecule has 27 heavy (non-hydrogen) atoms. The number of nitrogens with one attached hydrogen (secondary N) is 1. The van der Waals surface area contributed by atoms with Crippen LogP contribution in [0.15, 0.2) is 24.3 Å². The van der Waals surface area contributed by atoms with Crippen LogP contribution in [0.25, 0.3) is 0 Å². The van der Waals surface area contributed by atoms with Crippen molar-refractivity contribution in [3.8, 4) is 0 Å². The minimum atomic E-state index is -0.525. The highest BCUT2D eigenvalue weighted by molar-refractivity contribution is 5.92. The van der Waals surface area contributed by atoms with E-state index in [2.05, 4.69) is 16.3 Å². The molecule has 1 aliphatic heterocycles. The first kappa shape index (κ1) is 21.4. The van der Waals surface area contributed by atoms with Gasteiger partial charge in [0.15, 0.2) is 0 Å². The lowest BCUT2D eigenvalue weighted by Crippen LogP contribution is -2.36. The Morgan fingerprint density at radius 1 is 1.19 bits per heavy atom. The lowest BCUT2D eigenvalue weighted by Gasteiger charge is -2.26. The van der Waals surface area contributed by atoms with Crippen LogP contribution < -0.4 is 5.32 Å². The van der Waals surface area contributed by atoms with Crippen molar-refractivity contribution in [1.82, 2.24) is 4.90 Å². The number of rotatable bonds is 8. The summed E-state index contributed by atoms with van der Waals surface area (Å²) in [5.41, 5.74) is 1.45. The number of hydrogen-bond acceptors (Lipinski definition) is 5. The molecule has 0 atom stereocenters. The van der Waals surface area contributed by atoms with Crippen molar-refractivity contribution in [2.45, 2.75) is 52.1 Å². The maximum absolute atomic E-state index is 12.1. The van der Waals surface area contributed by atoms with Gasteiger partial charge in [-0.15, -0.1) is 0 Å². The largest absolute Gasteiger partial charge is 0.460 e. The van der Waals surface area contributed by atoms with E-state index in [0.717, 1.165) is 51.4 Å². The summed E-state index contributed by atoms with van der Waals surface area (Å²) in [7, 11) is 0. The molecule has 1 N–H and O–H groups in total. The Kier molecular flexibility index (Phi) is 8.25. The third-order valence-corrected chi connectivity index (χ3v) is 4.23. The smallest absolute Gasteiger partial charge is 0.306 e. The molecule has 1 aliphatic rings. The molecule has 1 saturated heterocycles. The standard InChI is InChI=1S/C21H32N2O4/c1-21(2,3)27-20(25)10-9-19(24)22-18-8-4-6-17(16-18)7-5-11-23-12-14-26-15-13-23/h4,6,8,16H,5,7,9-15H2,1-3H3,(H,22,24). The minimum absolute atomic E-state index is 0.0857. The summed E-state index contributed by atoms with van der Waals surface area (Å²) in [5.74, 6) is -0.527. The number of anilines is 1. The third-order valence-electron chi connectivity index (χ3n) is 4.23. The van der Waals surface area contributed by atoms with Crippen molar-refractivity contribution < 1.29 is 19.1 Å². The van der Waals surface area contributed by atoms with Gasteiger partial charge in [-0.2, -0.15) is 0 Å². The number of hydrogen-bond donors (Lipinski definition) is 1. The summed E-state index contributed by atoms with van der Waals surface area (Å²) in [5, 5.41) is 2.87. The number of carbonyl (C=O) groups is 2. The van der Waals surface area contributed by atoms with Gasteiger partial charge >= 0.3 is 5.97 Å². The normalized spacial score (nSPS) is 15.4. The van der Waals surface area contributed by atoms with E-state index >= 15 is 0 Å². The zero-order valence-corrected chi connectivity index (χ0v) is 16.8. The Labute approximate surface area is 162 Å². The minimum Gasteiger partial charge on any atom is -0.460 e. The monoisotopic (exact) mass is 376 g/mol. The van der Waals surface area contributed by atoms with Gasteiger partial charge in [0.05, 0.1) is 19.6 Å². The molecule has 6 heteroatoms. The van der Waals surface area contributed by atoms with Gasteiger partial charge in [0, 0.05) is 25.2 Å². The molecule has 150 valence electrons. The average Bonchev–Trinajstić information content (AvgIpc) is 2.60. The zero-order chi connectivity index (χ0) is 19.7. The van der Waals surface area contributed by atoms with E-state index in [1.807, 2.05) is 39.0 Å². The van der Waals surface area contributed by atoms with Crippen LogP contribution in [0.1, 0.15) is 45.6 Å². The molecule has 0 unspecified atom stereocenters. The predicted octanol–water partition coefficient (Wildman–Crippen LogP) is 3.01. The molecule has 0 radical (unpaired) electrons. The SMILES string of the molecule is CC(C)(C)OC(=O)CCC(=O)Nc1cccc(CCCN2CCOCC2)c1. The fraction of sp³-hybridized carbons (Fsp3) is 0.619. The number of aryl methyl sites for hydroxylation is 1. The lowest BCUT2D eigenvalue weighted by molar-refractivity contribution is -0.155. The van der Waals surface area contributed by atoms with Crippen molar-refractivity contribution in [1.29, 1.82) is 0 Å². The number of benzene rings is 1. The summed E-state index contributed by atoms with van der Waals surface area (Å²) in [6, 6.07) is 7.91. The van der Waals surface area contributed by atoms with Gasteiger partial charge in [-0.3, -0.25) is 14.5 Å². The van der Waals surface area contributed by atoms with Crippen molar-refractivity contribution in [3.63, 3.8) is 0 Å². The van der Waals surface area contributed by atoms with E-state index in [-0.39, 0.29) is 24.7 Å². The second-order valence-electron chi connectivity index (χ2n) is 7.89. The van der Waals surface area contributed by atoms with Crippen molar-refractivity contribution in [2.24, 2.45) is 0 Å². The van der Waals surface area contributed by atoms with E-state index in [1.165, 1.54) is 5.56 Å². The van der Waals surface area contributed by atoms with Gasteiger partial charge in [0.2, 0.25) is 5.91 Å². The number of nitrogens with zero attached hydrogens (tertiary/aromatic N) is 1. The van der Waals surface area contributed by atoms with Crippen LogP contribution in [0.3, 0.4) is 0 Å². The zero-order valence-electron chi connectivity index (χ0n) is 16.8. The summed E-state index contributed by atoms with van der Waals surface area (Å²) in [6.45, 7) is 10.2. The Hall–Kier alpha value is -1.92. The van der Waals surface area contributed by atoms with E-state index in [4.69, 9.17) is 9.47 Å². The van der Waals surface area contributed by atoms with Crippen LogP contribution in [-0.4, -0.2) is 55.2 Å². The van der Waals surface area contributed by atoms with Crippen molar-refractivity contribution in [3.05, 3.63) is 29.8 Å². The van der Waals surface area contributed by atoms with Crippen LogP contribution in [0.2, 0.25) is 0 Å². The van der Waals surface area contributed by atoms with Crippen LogP contribution in [-0.2, 0) is 25.5 Å². The number of esters is 1. The molecule has 1 amide bonds. The average molecular weight is 376 g/mol. The first-order chi connectivity index (χ1) is 12.8. The van der Waals surface area contributed by atoms with E-state index in [1.54, 1.807) is 0 Å². The van der Waals surface area contributed by atoms with Gasteiger partial charge in [0.1, 0.15) is 5.60 Å². The number of morpholine rings is 1. The second kappa shape index (κ2) is 10.4. The summed E-state index contributed by atoms with van der Waals surface area (Å²) in [4.78, 5) is 26.2. The second-order valence-corrected chi connectivity index (χ2v) is 7.89. The Morgan fingerprint density at radius 2 is 1.93 bits per heavy atom. The van der Waals surface area contributed by atoms with Crippen molar-refractivity contribution >= 4 is 17.6 Å². The number of ether oxygens (including phenoxy) is 2. The van der Waals surface area contributed by atoms with Gasteiger partial charge < -0.3 is 14.8 Å². The topological polar surface area (TPSA) is 67.9 Å². The quantitative estimate of drug-likeness (QED) is 0.707. The molecular formula is C21H32N2O4. The molecule has 0 bridgehead atoms. The molecule has 0 spiro atoms. The first-order valence-corrected chi connectivity index (χ1v) is 9.72. The molecule has 1 aromatic rings. The van der Waals surface area contributed by atoms with Crippen LogP contribution in [0, 0.1) is 0 Å². The van der Waals surface area contributed by atoms with E-state index < -0.39 is 5.60 Å².